The van der Waals surface area contributed by atoms with Gasteiger partial charge in [-0.05, 0) is 6.42 Å². The van der Waals surface area contributed by atoms with E-state index < -0.39 is 0 Å². The van der Waals surface area contributed by atoms with E-state index in [9.17, 15) is 9.59 Å². The Balaban J connectivity index is 1.78. The highest BCUT2D eigenvalue weighted by molar-refractivity contribution is 5.82. The summed E-state index contributed by atoms with van der Waals surface area (Å²) in [6.45, 7) is 5.35. The predicted octanol–water partition coefficient (Wildman–Crippen LogP) is -1.77. The number of carbonyl (C=O) groups is 2. The molecule has 1 atom stereocenters. The molecule has 2 fully saturated rings. The number of nitrogens with zero attached hydrogens (tertiary/aromatic N) is 2. The number of piperazine rings is 1. The molecule has 0 aromatic carbocycles. The molecule has 96 valence electrons. The average Bonchev–Trinajstić information content (AvgIpc) is 2.79. The summed E-state index contributed by atoms with van der Waals surface area (Å²) in [6, 6.07) is 0. The molecular formula is C11H20N4O2. The maximum Gasteiger partial charge on any atom is 0.236 e. The Morgan fingerprint density at radius 3 is 2.53 bits per heavy atom. The van der Waals surface area contributed by atoms with E-state index in [1.54, 1.807) is 4.90 Å². The van der Waals surface area contributed by atoms with Gasteiger partial charge in [0.25, 0.3) is 0 Å². The minimum atomic E-state index is -0.289. The number of nitrogens with one attached hydrogen (secondary N) is 1. The van der Waals surface area contributed by atoms with Crippen LogP contribution in [0.5, 0.6) is 0 Å². The summed E-state index contributed by atoms with van der Waals surface area (Å²) in [5.74, 6) is -0.319. The number of hydrogen-bond acceptors (Lipinski definition) is 4. The molecule has 2 heterocycles. The smallest absolute Gasteiger partial charge is 0.236 e. The predicted molar refractivity (Wildman–Crippen MR) is 63.2 cm³/mol. The first-order chi connectivity index (χ1) is 8.16. The van der Waals surface area contributed by atoms with Crippen molar-refractivity contribution in [1.82, 2.24) is 15.1 Å². The number of amides is 2. The highest BCUT2D eigenvalue weighted by Gasteiger charge is 2.30. The Morgan fingerprint density at radius 2 is 1.94 bits per heavy atom. The fourth-order valence-corrected chi connectivity index (χ4v) is 2.38. The lowest BCUT2D eigenvalue weighted by Crippen LogP contribution is -2.48. The molecule has 0 spiro atoms. The Kier molecular flexibility index (Phi) is 3.96. The zero-order valence-corrected chi connectivity index (χ0v) is 10.0. The van der Waals surface area contributed by atoms with Crippen LogP contribution in [0.15, 0.2) is 0 Å². The minimum Gasteiger partial charge on any atom is -0.369 e. The quantitative estimate of drug-likeness (QED) is 0.611. The Bertz CT molecular complexity index is 302. The Morgan fingerprint density at radius 1 is 1.24 bits per heavy atom. The molecule has 2 aliphatic heterocycles. The number of nitrogens with two attached hydrogens (primary N) is 1. The second-order valence-electron chi connectivity index (χ2n) is 4.75. The minimum absolute atomic E-state index is 0.121. The third-order valence-corrected chi connectivity index (χ3v) is 3.51. The maximum atomic E-state index is 12.0. The highest BCUT2D eigenvalue weighted by atomic mass is 16.2. The van der Waals surface area contributed by atoms with Gasteiger partial charge >= 0.3 is 0 Å². The average molecular weight is 240 g/mol. The lowest BCUT2D eigenvalue weighted by molar-refractivity contribution is -0.131. The van der Waals surface area contributed by atoms with E-state index in [4.69, 9.17) is 5.73 Å². The first kappa shape index (κ1) is 12.3. The van der Waals surface area contributed by atoms with Crippen molar-refractivity contribution < 1.29 is 9.59 Å². The van der Waals surface area contributed by atoms with Crippen LogP contribution in [0, 0.1) is 5.92 Å². The van der Waals surface area contributed by atoms with Gasteiger partial charge in [0.1, 0.15) is 0 Å². The van der Waals surface area contributed by atoms with Gasteiger partial charge in [0, 0.05) is 39.3 Å². The van der Waals surface area contributed by atoms with Gasteiger partial charge in [-0.2, -0.15) is 0 Å². The van der Waals surface area contributed by atoms with Crippen LogP contribution in [0.4, 0.5) is 0 Å². The SMILES string of the molecule is NC(=O)C1CCN(C(=O)CN2CCNCC2)C1. The molecule has 2 amide bonds. The van der Waals surface area contributed by atoms with Crippen LogP contribution in [0.2, 0.25) is 0 Å². The van der Waals surface area contributed by atoms with Gasteiger partial charge in [0.2, 0.25) is 11.8 Å². The first-order valence-corrected chi connectivity index (χ1v) is 6.17. The maximum absolute atomic E-state index is 12.0. The van der Waals surface area contributed by atoms with Crippen molar-refractivity contribution in [2.24, 2.45) is 11.7 Å². The van der Waals surface area contributed by atoms with E-state index in [0.717, 1.165) is 26.2 Å². The van der Waals surface area contributed by atoms with Gasteiger partial charge in [0.05, 0.1) is 12.5 Å². The molecule has 0 aromatic heterocycles. The topological polar surface area (TPSA) is 78.7 Å². The van der Waals surface area contributed by atoms with Crippen LogP contribution in [0.3, 0.4) is 0 Å². The molecular weight excluding hydrogens is 220 g/mol. The van der Waals surface area contributed by atoms with Gasteiger partial charge in [-0.3, -0.25) is 14.5 Å². The lowest BCUT2D eigenvalue weighted by atomic mass is 10.1. The molecule has 1 unspecified atom stereocenters. The summed E-state index contributed by atoms with van der Waals surface area (Å²) in [6.07, 6.45) is 0.711. The molecule has 17 heavy (non-hydrogen) atoms. The number of carbonyl (C=O) groups excluding carboxylic acids is 2. The van der Waals surface area contributed by atoms with Crippen LogP contribution in [0.25, 0.3) is 0 Å². The Labute approximate surface area is 101 Å². The molecule has 6 heteroatoms. The molecule has 2 aliphatic rings. The molecule has 0 bridgehead atoms. The van der Waals surface area contributed by atoms with Crippen molar-refractivity contribution >= 4 is 11.8 Å². The van der Waals surface area contributed by atoms with Gasteiger partial charge < -0.3 is 16.0 Å². The van der Waals surface area contributed by atoms with Crippen LogP contribution in [0.1, 0.15) is 6.42 Å². The van der Waals surface area contributed by atoms with E-state index >= 15 is 0 Å². The second kappa shape index (κ2) is 5.46. The van der Waals surface area contributed by atoms with Gasteiger partial charge in [-0.25, -0.2) is 0 Å². The third-order valence-electron chi connectivity index (χ3n) is 3.51. The summed E-state index contributed by atoms with van der Waals surface area (Å²) < 4.78 is 0. The van der Waals surface area contributed by atoms with Gasteiger partial charge in [-0.15, -0.1) is 0 Å². The normalized spacial score (nSPS) is 26.1. The zero-order valence-electron chi connectivity index (χ0n) is 10.0. The number of hydrogen-bond donors (Lipinski definition) is 2. The summed E-state index contributed by atoms with van der Waals surface area (Å²) in [5.41, 5.74) is 5.25. The van der Waals surface area contributed by atoms with E-state index in [0.29, 0.717) is 26.1 Å². The highest BCUT2D eigenvalue weighted by Crippen LogP contribution is 2.15. The fourth-order valence-electron chi connectivity index (χ4n) is 2.38. The van der Waals surface area contributed by atoms with Gasteiger partial charge in [-0.1, -0.05) is 0 Å². The first-order valence-electron chi connectivity index (χ1n) is 6.17. The molecule has 6 nitrogen and oxygen atoms in total. The van der Waals surface area contributed by atoms with Crippen LogP contribution in [-0.4, -0.2) is 67.4 Å². The van der Waals surface area contributed by atoms with Crippen molar-refractivity contribution in [3.05, 3.63) is 0 Å². The molecule has 2 rings (SSSR count). The van der Waals surface area contributed by atoms with Gasteiger partial charge in [0.15, 0.2) is 0 Å². The summed E-state index contributed by atoms with van der Waals surface area (Å²) in [4.78, 5) is 26.9. The van der Waals surface area contributed by atoms with E-state index in [1.165, 1.54) is 0 Å². The largest absolute Gasteiger partial charge is 0.369 e. The molecule has 0 saturated carbocycles. The van der Waals surface area contributed by atoms with E-state index in [1.807, 2.05) is 0 Å². The standard InChI is InChI=1S/C11H20N4O2/c12-11(17)9-1-4-15(7-9)10(16)8-14-5-2-13-3-6-14/h9,13H,1-8H2,(H2,12,17). The zero-order chi connectivity index (χ0) is 12.3. The number of primary amides is 1. The number of likely N-dealkylation sites (tertiary alicyclic amines) is 1. The second-order valence-corrected chi connectivity index (χ2v) is 4.75. The van der Waals surface area contributed by atoms with Crippen molar-refractivity contribution in [3.8, 4) is 0 Å². The third kappa shape index (κ3) is 3.17. The van der Waals surface area contributed by atoms with Crippen molar-refractivity contribution in [3.63, 3.8) is 0 Å². The molecule has 0 aliphatic carbocycles. The van der Waals surface area contributed by atoms with Crippen LogP contribution < -0.4 is 11.1 Å². The van der Waals surface area contributed by atoms with Crippen LogP contribution in [-0.2, 0) is 9.59 Å². The van der Waals surface area contributed by atoms with Crippen LogP contribution >= 0.6 is 0 Å². The molecule has 3 N–H and O–H groups in total. The summed E-state index contributed by atoms with van der Waals surface area (Å²) in [7, 11) is 0. The summed E-state index contributed by atoms with van der Waals surface area (Å²) in [5, 5.41) is 3.25. The molecule has 0 aromatic rings. The lowest BCUT2D eigenvalue weighted by Gasteiger charge is -2.28. The van der Waals surface area contributed by atoms with Crippen molar-refractivity contribution in [1.29, 1.82) is 0 Å². The number of rotatable bonds is 3. The Hall–Kier alpha value is -1.14. The van der Waals surface area contributed by atoms with Crippen molar-refractivity contribution in [2.45, 2.75) is 6.42 Å². The van der Waals surface area contributed by atoms with E-state index in [2.05, 4.69) is 10.2 Å². The van der Waals surface area contributed by atoms with Crippen molar-refractivity contribution in [2.75, 3.05) is 45.8 Å². The summed E-state index contributed by atoms with van der Waals surface area (Å²) >= 11 is 0. The van der Waals surface area contributed by atoms with E-state index in [-0.39, 0.29) is 17.7 Å². The fraction of sp³-hybridized carbons (Fsp3) is 0.818. The monoisotopic (exact) mass is 240 g/mol. The molecule has 2 saturated heterocycles. The molecule has 0 radical (unpaired) electrons.